The van der Waals surface area contributed by atoms with Gasteiger partial charge >= 0.3 is 12.1 Å². The van der Waals surface area contributed by atoms with Crippen LogP contribution in [-0.2, 0) is 24.4 Å². The van der Waals surface area contributed by atoms with Gasteiger partial charge in [0.1, 0.15) is 23.2 Å². The van der Waals surface area contributed by atoms with Crippen molar-refractivity contribution in [3.05, 3.63) is 111 Å². The summed E-state index contributed by atoms with van der Waals surface area (Å²) < 4.78 is 75.3. The molecule has 1 amide bonds. The number of anilines is 1. The van der Waals surface area contributed by atoms with E-state index in [1.54, 1.807) is 11.0 Å². The van der Waals surface area contributed by atoms with Crippen LogP contribution in [0.5, 0.6) is 0 Å². The summed E-state index contributed by atoms with van der Waals surface area (Å²) in [5, 5.41) is 21.9. The Hall–Kier alpha value is -5.30. The zero-order valence-electron chi connectivity index (χ0n) is 26.0. The second-order valence-corrected chi connectivity index (χ2v) is 12.1. The van der Waals surface area contributed by atoms with Crippen molar-refractivity contribution in [2.24, 2.45) is 13.0 Å². The van der Waals surface area contributed by atoms with Crippen molar-refractivity contribution in [3.8, 4) is 11.1 Å². The molecule has 5 aromatic rings. The van der Waals surface area contributed by atoms with Gasteiger partial charge in [-0.15, -0.1) is 0 Å². The van der Waals surface area contributed by atoms with Crippen LogP contribution in [0.25, 0.3) is 32.8 Å². The topological polar surface area (TPSA) is 112 Å². The number of aliphatic carboxylic acids is 1. The molecule has 0 bridgehead atoms. The number of benzene rings is 4. The minimum absolute atomic E-state index is 0.0264. The molecule has 3 N–H and O–H groups in total. The first kappa shape index (κ1) is 33.6. The number of hydrogen-bond donors (Lipinski definition) is 3. The molecule has 1 saturated heterocycles. The minimum Gasteiger partial charge on any atom is -0.480 e. The SMILES string of the molecule is Cn1c(=O)c(-c2cccc3c(C[C@H](NC(=O)c4c(F)cc(N5CCC(CO)C5)cc4F)C(=O)O)cccc23)c(C(F)(F)F)c2ccccc21. The molecule has 254 valence electrons. The highest BCUT2D eigenvalue weighted by molar-refractivity contribution is 6.02. The predicted octanol–water partition coefficient (Wildman–Crippen LogP) is 5.90. The lowest BCUT2D eigenvalue weighted by Crippen LogP contribution is -2.43. The number of carboxylic acids is 1. The fraction of sp³-hybridized carbons (Fsp3) is 0.250. The Balaban J connectivity index is 1.36. The van der Waals surface area contributed by atoms with Crippen molar-refractivity contribution in [1.82, 2.24) is 9.88 Å². The van der Waals surface area contributed by atoms with Crippen LogP contribution in [0.3, 0.4) is 0 Å². The van der Waals surface area contributed by atoms with E-state index in [4.69, 9.17) is 0 Å². The number of carboxylic acid groups (broad SMARTS) is 1. The number of nitrogens with zero attached hydrogens (tertiary/aromatic N) is 2. The number of aliphatic hydroxyl groups is 1. The van der Waals surface area contributed by atoms with Crippen molar-refractivity contribution in [2.75, 3.05) is 24.6 Å². The van der Waals surface area contributed by atoms with Crippen LogP contribution in [0.2, 0.25) is 0 Å². The number of fused-ring (bicyclic) bond motifs is 2. The highest BCUT2D eigenvalue weighted by Gasteiger charge is 2.38. The van der Waals surface area contributed by atoms with Crippen LogP contribution in [0.1, 0.15) is 27.9 Å². The lowest BCUT2D eigenvalue weighted by molar-refractivity contribution is -0.139. The number of pyridine rings is 1. The number of para-hydroxylation sites is 1. The van der Waals surface area contributed by atoms with E-state index >= 15 is 8.78 Å². The zero-order chi connectivity index (χ0) is 35.2. The first-order valence-electron chi connectivity index (χ1n) is 15.4. The lowest BCUT2D eigenvalue weighted by atomic mass is 9.90. The highest BCUT2D eigenvalue weighted by atomic mass is 19.4. The van der Waals surface area contributed by atoms with Crippen molar-refractivity contribution in [1.29, 1.82) is 0 Å². The van der Waals surface area contributed by atoms with Crippen LogP contribution >= 0.6 is 0 Å². The third kappa shape index (κ3) is 6.21. The minimum atomic E-state index is -4.90. The van der Waals surface area contributed by atoms with Gasteiger partial charge in [0.05, 0.1) is 16.6 Å². The number of rotatable bonds is 8. The van der Waals surface area contributed by atoms with Gasteiger partial charge in [0.25, 0.3) is 11.5 Å². The summed E-state index contributed by atoms with van der Waals surface area (Å²) in [4.78, 5) is 40.6. The van der Waals surface area contributed by atoms with Crippen LogP contribution in [0, 0.1) is 17.6 Å². The fourth-order valence-corrected chi connectivity index (χ4v) is 6.64. The Bertz CT molecular complexity index is 2160. The number of nitrogens with one attached hydrogen (secondary N) is 1. The van der Waals surface area contributed by atoms with Crippen molar-refractivity contribution in [3.63, 3.8) is 0 Å². The molecule has 1 fully saturated rings. The van der Waals surface area contributed by atoms with Gasteiger partial charge in [-0.25, -0.2) is 13.6 Å². The molecule has 1 unspecified atom stereocenters. The maximum atomic E-state index is 15.1. The monoisotopic (exact) mass is 679 g/mol. The number of carbonyl (C=O) groups is 2. The number of hydrogen-bond acceptors (Lipinski definition) is 5. The van der Waals surface area contributed by atoms with Crippen LogP contribution in [-0.4, -0.2) is 52.4 Å². The number of alkyl halides is 3. The van der Waals surface area contributed by atoms with Gasteiger partial charge < -0.3 is 25.0 Å². The molecule has 0 aliphatic carbocycles. The predicted molar refractivity (Wildman–Crippen MR) is 173 cm³/mol. The number of aryl methyl sites for hydroxylation is 1. The van der Waals surface area contributed by atoms with Crippen molar-refractivity contribution < 1.29 is 41.8 Å². The van der Waals surface area contributed by atoms with Gasteiger partial charge in [0.2, 0.25) is 0 Å². The Morgan fingerprint density at radius 3 is 2.27 bits per heavy atom. The number of aromatic nitrogens is 1. The van der Waals surface area contributed by atoms with E-state index < -0.39 is 64.4 Å². The Morgan fingerprint density at radius 1 is 0.959 bits per heavy atom. The van der Waals surface area contributed by atoms with Crippen molar-refractivity contribution in [2.45, 2.75) is 25.1 Å². The molecule has 4 aromatic carbocycles. The van der Waals surface area contributed by atoms with Gasteiger partial charge in [-0.1, -0.05) is 54.6 Å². The molecule has 0 radical (unpaired) electrons. The summed E-state index contributed by atoms with van der Waals surface area (Å²) in [7, 11) is 1.38. The second kappa shape index (κ2) is 13.0. The van der Waals surface area contributed by atoms with Gasteiger partial charge in [0.15, 0.2) is 0 Å². The molecule has 2 heterocycles. The van der Waals surface area contributed by atoms with E-state index in [9.17, 15) is 37.8 Å². The van der Waals surface area contributed by atoms with Crippen LogP contribution < -0.4 is 15.8 Å². The van der Waals surface area contributed by atoms with E-state index in [-0.39, 0.29) is 40.1 Å². The summed E-state index contributed by atoms with van der Waals surface area (Å²) in [5.41, 5.74) is -2.99. The number of amides is 1. The van der Waals surface area contributed by atoms with E-state index in [0.29, 0.717) is 30.5 Å². The lowest BCUT2D eigenvalue weighted by Gasteiger charge is -2.21. The summed E-state index contributed by atoms with van der Waals surface area (Å²) in [5.74, 6) is -5.28. The summed E-state index contributed by atoms with van der Waals surface area (Å²) in [6.07, 6.45) is -4.68. The molecular weight excluding hydrogens is 649 g/mol. The largest absolute Gasteiger partial charge is 0.480 e. The maximum Gasteiger partial charge on any atom is 0.417 e. The summed E-state index contributed by atoms with van der Waals surface area (Å²) in [6.45, 7) is 0.755. The third-order valence-electron chi connectivity index (χ3n) is 9.06. The van der Waals surface area contributed by atoms with Gasteiger partial charge in [-0.05, 0) is 46.5 Å². The van der Waals surface area contributed by atoms with E-state index in [2.05, 4.69) is 5.32 Å². The molecule has 0 saturated carbocycles. The van der Waals surface area contributed by atoms with Gasteiger partial charge in [-0.2, -0.15) is 13.2 Å². The van der Waals surface area contributed by atoms with E-state index in [1.165, 1.54) is 61.6 Å². The first-order chi connectivity index (χ1) is 23.3. The number of carbonyl (C=O) groups excluding carboxylic acids is 1. The molecule has 49 heavy (non-hydrogen) atoms. The van der Waals surface area contributed by atoms with Crippen molar-refractivity contribution >= 4 is 39.2 Å². The molecule has 1 aliphatic rings. The molecule has 13 heteroatoms. The quantitative estimate of drug-likeness (QED) is 0.176. The summed E-state index contributed by atoms with van der Waals surface area (Å²) in [6, 6.07) is 14.8. The normalized spacial score (nSPS) is 15.6. The van der Waals surface area contributed by atoms with E-state index in [1.807, 2.05) is 0 Å². The molecule has 1 aromatic heterocycles. The average molecular weight is 680 g/mol. The Labute approximate surface area is 276 Å². The Morgan fingerprint density at radius 2 is 1.61 bits per heavy atom. The molecule has 0 spiro atoms. The van der Waals surface area contributed by atoms with Gasteiger partial charge in [0, 0.05) is 50.2 Å². The molecule has 2 atom stereocenters. The van der Waals surface area contributed by atoms with Gasteiger partial charge in [-0.3, -0.25) is 9.59 Å². The third-order valence-corrected chi connectivity index (χ3v) is 9.06. The molecule has 1 aliphatic heterocycles. The first-order valence-corrected chi connectivity index (χ1v) is 15.4. The number of halogens is 5. The second-order valence-electron chi connectivity index (χ2n) is 12.1. The van der Waals surface area contributed by atoms with Crippen LogP contribution in [0.15, 0.2) is 77.6 Å². The Kier molecular flexibility index (Phi) is 8.88. The fourth-order valence-electron chi connectivity index (χ4n) is 6.64. The zero-order valence-corrected chi connectivity index (χ0v) is 26.0. The molecule has 6 rings (SSSR count). The average Bonchev–Trinajstić information content (AvgIpc) is 3.55. The standard InChI is InChI=1S/C36H30F5N3O5/c1-43-29-11-3-2-7-25(29)32(36(39,40)41)30(34(43)47)24-10-5-8-22-20(6-4-9-23(22)24)14-28(35(48)49)42-33(46)31-26(37)15-21(16-27(31)38)44-13-12-19(17-44)18-45/h2-11,15-16,19,28,45H,12-14,17-18H2,1H3,(H,42,46)(H,48,49)/t19?,28-/m0/s1. The smallest absolute Gasteiger partial charge is 0.417 e. The molecular formula is C36H30F5N3O5. The maximum absolute atomic E-state index is 15.1. The van der Waals surface area contributed by atoms with Crippen LogP contribution in [0.4, 0.5) is 27.6 Å². The molecule has 8 nitrogen and oxygen atoms in total. The van der Waals surface area contributed by atoms with E-state index in [0.717, 1.165) is 16.7 Å². The summed E-state index contributed by atoms with van der Waals surface area (Å²) >= 11 is 0. The highest BCUT2D eigenvalue weighted by Crippen LogP contribution is 2.42. The number of aliphatic hydroxyl groups excluding tert-OH is 1.